The summed E-state index contributed by atoms with van der Waals surface area (Å²) in [4.78, 5) is 8.28. The van der Waals surface area contributed by atoms with Crippen molar-refractivity contribution >= 4 is 5.82 Å². The normalized spacial score (nSPS) is 10.4. The van der Waals surface area contributed by atoms with Crippen molar-refractivity contribution in [3.63, 3.8) is 0 Å². The molecule has 1 heterocycles. The number of rotatable bonds is 8. The molecule has 0 spiro atoms. The van der Waals surface area contributed by atoms with E-state index >= 15 is 0 Å². The standard InChI is InChI=1S/C11H19N3O2/c1-2-3-10-8-11(14-9-13-10)12-4-6-16-7-5-15/h8-9,15H,2-7H2,1H3,(H,12,13,14). The van der Waals surface area contributed by atoms with Crippen molar-refractivity contribution in [2.24, 2.45) is 0 Å². The largest absolute Gasteiger partial charge is 0.394 e. The molecule has 16 heavy (non-hydrogen) atoms. The third-order valence-electron chi connectivity index (χ3n) is 2.02. The maximum absolute atomic E-state index is 8.51. The molecule has 0 bridgehead atoms. The summed E-state index contributed by atoms with van der Waals surface area (Å²) in [5.41, 5.74) is 1.05. The Morgan fingerprint density at radius 1 is 1.38 bits per heavy atom. The molecule has 5 nitrogen and oxygen atoms in total. The molecule has 0 fully saturated rings. The lowest BCUT2D eigenvalue weighted by Crippen LogP contribution is -2.12. The summed E-state index contributed by atoms with van der Waals surface area (Å²) >= 11 is 0. The molecule has 5 heteroatoms. The average Bonchev–Trinajstić information content (AvgIpc) is 2.30. The van der Waals surface area contributed by atoms with Gasteiger partial charge in [-0.15, -0.1) is 0 Å². The average molecular weight is 225 g/mol. The van der Waals surface area contributed by atoms with Crippen LogP contribution in [-0.4, -0.2) is 41.4 Å². The number of aromatic nitrogens is 2. The van der Waals surface area contributed by atoms with E-state index in [0.29, 0.717) is 19.8 Å². The third-order valence-corrected chi connectivity index (χ3v) is 2.02. The lowest BCUT2D eigenvalue weighted by Gasteiger charge is -2.06. The Morgan fingerprint density at radius 3 is 3.00 bits per heavy atom. The third kappa shape index (κ3) is 5.04. The van der Waals surface area contributed by atoms with Gasteiger partial charge in [0.15, 0.2) is 0 Å². The van der Waals surface area contributed by atoms with Crippen molar-refractivity contribution in [1.82, 2.24) is 9.97 Å². The van der Waals surface area contributed by atoms with E-state index in [0.717, 1.165) is 24.4 Å². The zero-order valence-corrected chi connectivity index (χ0v) is 9.65. The van der Waals surface area contributed by atoms with E-state index < -0.39 is 0 Å². The molecule has 1 aromatic heterocycles. The Kier molecular flexibility index (Phi) is 6.44. The van der Waals surface area contributed by atoms with Crippen LogP contribution in [0.4, 0.5) is 5.82 Å². The highest BCUT2D eigenvalue weighted by molar-refractivity contribution is 5.34. The second kappa shape index (κ2) is 8.01. The summed E-state index contributed by atoms with van der Waals surface area (Å²) < 4.78 is 5.13. The Morgan fingerprint density at radius 2 is 2.25 bits per heavy atom. The van der Waals surface area contributed by atoms with Crippen LogP contribution in [0.1, 0.15) is 19.0 Å². The number of aliphatic hydroxyl groups is 1. The predicted octanol–water partition coefficient (Wildman–Crippen LogP) is 0.850. The molecule has 1 aromatic rings. The first-order valence-electron chi connectivity index (χ1n) is 5.60. The van der Waals surface area contributed by atoms with Gasteiger partial charge in [0.2, 0.25) is 0 Å². The number of anilines is 1. The van der Waals surface area contributed by atoms with Crippen LogP contribution in [0.5, 0.6) is 0 Å². The molecule has 0 aliphatic rings. The Balaban J connectivity index is 2.27. The van der Waals surface area contributed by atoms with E-state index in [-0.39, 0.29) is 6.61 Å². The fourth-order valence-corrected chi connectivity index (χ4v) is 1.30. The van der Waals surface area contributed by atoms with E-state index in [1.54, 1.807) is 6.33 Å². The van der Waals surface area contributed by atoms with Crippen molar-refractivity contribution in [2.75, 3.05) is 31.7 Å². The SMILES string of the molecule is CCCc1cc(NCCOCCO)ncn1. The van der Waals surface area contributed by atoms with Crippen molar-refractivity contribution in [2.45, 2.75) is 19.8 Å². The van der Waals surface area contributed by atoms with Gasteiger partial charge in [0, 0.05) is 18.3 Å². The minimum Gasteiger partial charge on any atom is -0.394 e. The molecule has 0 aromatic carbocycles. The molecule has 0 aliphatic heterocycles. The lowest BCUT2D eigenvalue weighted by molar-refractivity contribution is 0.0992. The number of hydrogen-bond acceptors (Lipinski definition) is 5. The minimum absolute atomic E-state index is 0.0636. The van der Waals surface area contributed by atoms with Gasteiger partial charge in [0.25, 0.3) is 0 Å². The number of nitrogens with one attached hydrogen (secondary N) is 1. The summed E-state index contributed by atoms with van der Waals surface area (Å²) in [6, 6.07) is 1.95. The molecule has 90 valence electrons. The summed E-state index contributed by atoms with van der Waals surface area (Å²) in [5.74, 6) is 0.825. The van der Waals surface area contributed by atoms with E-state index in [9.17, 15) is 0 Å². The zero-order valence-electron chi connectivity index (χ0n) is 9.65. The van der Waals surface area contributed by atoms with E-state index in [1.807, 2.05) is 6.07 Å². The number of aryl methyl sites for hydroxylation is 1. The molecule has 2 N–H and O–H groups in total. The van der Waals surface area contributed by atoms with Gasteiger partial charge in [-0.25, -0.2) is 9.97 Å². The predicted molar refractivity (Wildman–Crippen MR) is 62.4 cm³/mol. The maximum atomic E-state index is 8.51. The van der Waals surface area contributed by atoms with Gasteiger partial charge in [0.05, 0.1) is 19.8 Å². The smallest absolute Gasteiger partial charge is 0.129 e. The maximum Gasteiger partial charge on any atom is 0.129 e. The second-order valence-corrected chi connectivity index (χ2v) is 3.41. The molecule has 1 rings (SSSR count). The molecule has 0 radical (unpaired) electrons. The quantitative estimate of drug-likeness (QED) is 0.642. The van der Waals surface area contributed by atoms with E-state index in [2.05, 4.69) is 22.2 Å². The molecule has 0 amide bonds. The topological polar surface area (TPSA) is 67.3 Å². The van der Waals surface area contributed by atoms with Gasteiger partial charge in [0.1, 0.15) is 12.1 Å². The van der Waals surface area contributed by atoms with Crippen LogP contribution in [0, 0.1) is 0 Å². The van der Waals surface area contributed by atoms with Crippen LogP contribution >= 0.6 is 0 Å². The molecule has 0 saturated heterocycles. The highest BCUT2D eigenvalue weighted by atomic mass is 16.5. The number of ether oxygens (including phenoxy) is 1. The highest BCUT2D eigenvalue weighted by Gasteiger charge is 1.97. The van der Waals surface area contributed by atoms with Gasteiger partial charge in [-0.3, -0.25) is 0 Å². The minimum atomic E-state index is 0.0636. The first-order chi connectivity index (χ1) is 7.86. The molecule has 0 saturated carbocycles. The first kappa shape index (κ1) is 12.9. The molecule has 0 aliphatic carbocycles. The summed E-state index contributed by atoms with van der Waals surface area (Å²) in [6.45, 7) is 3.81. The van der Waals surface area contributed by atoms with E-state index in [1.165, 1.54) is 0 Å². The van der Waals surface area contributed by atoms with Crippen molar-refractivity contribution in [3.05, 3.63) is 18.1 Å². The molecular weight excluding hydrogens is 206 g/mol. The number of nitrogens with zero attached hydrogens (tertiary/aromatic N) is 2. The molecule has 0 atom stereocenters. The van der Waals surface area contributed by atoms with Crippen LogP contribution in [-0.2, 0) is 11.2 Å². The van der Waals surface area contributed by atoms with Crippen LogP contribution in [0.3, 0.4) is 0 Å². The second-order valence-electron chi connectivity index (χ2n) is 3.41. The summed E-state index contributed by atoms with van der Waals surface area (Å²) in [6.07, 6.45) is 3.62. The Labute approximate surface area is 95.9 Å². The monoisotopic (exact) mass is 225 g/mol. The molecule has 0 unspecified atom stereocenters. The molecular formula is C11H19N3O2. The summed E-state index contributed by atoms with van der Waals surface area (Å²) in [5, 5.41) is 11.7. The van der Waals surface area contributed by atoms with Gasteiger partial charge < -0.3 is 15.2 Å². The van der Waals surface area contributed by atoms with E-state index in [4.69, 9.17) is 9.84 Å². The van der Waals surface area contributed by atoms with Crippen LogP contribution in [0.15, 0.2) is 12.4 Å². The number of hydrogen-bond donors (Lipinski definition) is 2. The highest BCUT2D eigenvalue weighted by Crippen LogP contribution is 2.05. The zero-order chi connectivity index (χ0) is 11.6. The first-order valence-corrected chi connectivity index (χ1v) is 5.60. The van der Waals surface area contributed by atoms with Crippen molar-refractivity contribution in [1.29, 1.82) is 0 Å². The van der Waals surface area contributed by atoms with Crippen molar-refractivity contribution < 1.29 is 9.84 Å². The van der Waals surface area contributed by atoms with Gasteiger partial charge in [-0.05, 0) is 6.42 Å². The van der Waals surface area contributed by atoms with Crippen LogP contribution in [0.2, 0.25) is 0 Å². The lowest BCUT2D eigenvalue weighted by atomic mass is 10.2. The summed E-state index contributed by atoms with van der Waals surface area (Å²) in [7, 11) is 0. The fourth-order valence-electron chi connectivity index (χ4n) is 1.30. The van der Waals surface area contributed by atoms with Gasteiger partial charge >= 0.3 is 0 Å². The van der Waals surface area contributed by atoms with Crippen LogP contribution in [0.25, 0.3) is 0 Å². The van der Waals surface area contributed by atoms with Crippen LogP contribution < -0.4 is 5.32 Å². The Hall–Kier alpha value is -1.20. The Bertz CT molecular complexity index is 294. The van der Waals surface area contributed by atoms with Gasteiger partial charge in [-0.2, -0.15) is 0 Å². The van der Waals surface area contributed by atoms with Crippen molar-refractivity contribution in [3.8, 4) is 0 Å². The number of aliphatic hydroxyl groups excluding tert-OH is 1. The fraction of sp³-hybridized carbons (Fsp3) is 0.636. The van der Waals surface area contributed by atoms with Gasteiger partial charge in [-0.1, -0.05) is 13.3 Å².